The zero-order chi connectivity index (χ0) is 19.1. The Kier molecular flexibility index (Phi) is 6.20. The quantitative estimate of drug-likeness (QED) is 0.595. The number of amides is 1. The normalized spacial score (nSPS) is 10.7. The van der Waals surface area contributed by atoms with Crippen LogP contribution in [0.2, 0.25) is 0 Å². The van der Waals surface area contributed by atoms with E-state index in [0.29, 0.717) is 18.7 Å². The zero-order valence-electron chi connectivity index (χ0n) is 15.4. The van der Waals surface area contributed by atoms with Crippen molar-refractivity contribution in [3.05, 3.63) is 60.4 Å². The summed E-state index contributed by atoms with van der Waals surface area (Å²) in [5.74, 6) is 0.201. The van der Waals surface area contributed by atoms with Gasteiger partial charge in [0.2, 0.25) is 0 Å². The molecule has 0 saturated carbocycles. The van der Waals surface area contributed by atoms with Crippen LogP contribution in [-0.2, 0) is 22.7 Å². The molecule has 0 aliphatic heterocycles. The van der Waals surface area contributed by atoms with Gasteiger partial charge in [0, 0.05) is 19.2 Å². The number of Topliss-reactive ketones (excluding diaryl/α,β-unsaturated/α-hetero) is 1. The van der Waals surface area contributed by atoms with Gasteiger partial charge in [0.1, 0.15) is 12.4 Å². The first kappa shape index (κ1) is 18.6. The number of anilines is 1. The number of ketones is 1. The predicted octanol–water partition coefficient (Wildman–Crippen LogP) is 4.54. The molecule has 6 heteroatoms. The summed E-state index contributed by atoms with van der Waals surface area (Å²) in [6.45, 7) is 2.51. The molecule has 0 spiro atoms. The van der Waals surface area contributed by atoms with Crippen LogP contribution in [-0.4, -0.2) is 21.7 Å². The van der Waals surface area contributed by atoms with Crippen LogP contribution < -0.4 is 5.32 Å². The number of carbonyl (C=O) groups is 2. The molecule has 0 unspecified atom stereocenters. The average molecular weight is 365 g/mol. The summed E-state index contributed by atoms with van der Waals surface area (Å²) < 4.78 is 7.10. The first-order chi connectivity index (χ1) is 13.1. The van der Waals surface area contributed by atoms with Crippen LogP contribution in [0.4, 0.5) is 10.5 Å². The van der Waals surface area contributed by atoms with Gasteiger partial charge in [-0.15, -0.1) is 0 Å². The van der Waals surface area contributed by atoms with Gasteiger partial charge in [-0.3, -0.25) is 10.00 Å². The molecule has 0 bridgehead atoms. The van der Waals surface area contributed by atoms with E-state index in [9.17, 15) is 9.59 Å². The Morgan fingerprint density at radius 2 is 1.93 bits per heavy atom. The summed E-state index contributed by atoms with van der Waals surface area (Å²) in [7, 11) is 0. The Morgan fingerprint density at radius 1 is 1.11 bits per heavy atom. The molecule has 140 valence electrons. The molecule has 0 saturated heterocycles. The van der Waals surface area contributed by atoms with Gasteiger partial charge in [-0.2, -0.15) is 5.10 Å². The molecule has 1 heterocycles. The third-order valence-corrected chi connectivity index (χ3v) is 4.28. The first-order valence-electron chi connectivity index (χ1n) is 9.04. The predicted molar refractivity (Wildman–Crippen MR) is 105 cm³/mol. The lowest BCUT2D eigenvalue weighted by Gasteiger charge is -2.08. The van der Waals surface area contributed by atoms with Crippen LogP contribution in [0.3, 0.4) is 0 Å². The molecule has 1 N–H and O–H groups in total. The van der Waals surface area contributed by atoms with Crippen molar-refractivity contribution >= 4 is 28.3 Å². The van der Waals surface area contributed by atoms with Crippen molar-refractivity contribution in [3.8, 4) is 0 Å². The number of aryl methyl sites for hydroxylation is 1. The van der Waals surface area contributed by atoms with Crippen LogP contribution in [0.5, 0.6) is 0 Å². The number of ether oxygens (including phenoxy) is 1. The molecule has 0 atom stereocenters. The number of carbonyl (C=O) groups excluding carboxylic acids is 2. The monoisotopic (exact) mass is 365 g/mol. The fourth-order valence-electron chi connectivity index (χ4n) is 2.91. The van der Waals surface area contributed by atoms with Crippen molar-refractivity contribution < 1.29 is 14.3 Å². The summed E-state index contributed by atoms with van der Waals surface area (Å²) in [6, 6.07) is 13.9. The van der Waals surface area contributed by atoms with E-state index in [1.54, 1.807) is 24.0 Å². The van der Waals surface area contributed by atoms with Gasteiger partial charge in [0.05, 0.1) is 11.9 Å². The SMILES string of the molecule is CC(=O)CCCCn1cc(NC(=O)OCc2cccc3ccccc23)cn1. The van der Waals surface area contributed by atoms with Crippen molar-refractivity contribution in [1.82, 2.24) is 9.78 Å². The van der Waals surface area contributed by atoms with Crippen LogP contribution in [0.15, 0.2) is 54.9 Å². The number of rotatable bonds is 8. The van der Waals surface area contributed by atoms with Crippen molar-refractivity contribution in [2.75, 3.05) is 5.32 Å². The summed E-state index contributed by atoms with van der Waals surface area (Å²) in [5.41, 5.74) is 1.55. The van der Waals surface area contributed by atoms with Crippen molar-refractivity contribution in [2.45, 2.75) is 39.3 Å². The maximum absolute atomic E-state index is 12.1. The van der Waals surface area contributed by atoms with E-state index < -0.39 is 6.09 Å². The highest BCUT2D eigenvalue weighted by Crippen LogP contribution is 2.19. The number of aromatic nitrogens is 2. The minimum absolute atomic E-state index is 0.201. The van der Waals surface area contributed by atoms with Crippen molar-refractivity contribution in [1.29, 1.82) is 0 Å². The van der Waals surface area contributed by atoms with E-state index >= 15 is 0 Å². The molecule has 0 radical (unpaired) electrons. The topological polar surface area (TPSA) is 73.2 Å². The third-order valence-electron chi connectivity index (χ3n) is 4.28. The fourth-order valence-corrected chi connectivity index (χ4v) is 2.91. The highest BCUT2D eigenvalue weighted by molar-refractivity contribution is 5.87. The van der Waals surface area contributed by atoms with Gasteiger partial charge in [0.15, 0.2) is 0 Å². The van der Waals surface area contributed by atoms with E-state index in [2.05, 4.69) is 10.4 Å². The van der Waals surface area contributed by atoms with Gasteiger partial charge in [-0.05, 0) is 36.1 Å². The zero-order valence-corrected chi connectivity index (χ0v) is 15.4. The van der Waals surface area contributed by atoms with E-state index in [1.165, 1.54) is 0 Å². The largest absolute Gasteiger partial charge is 0.444 e. The molecular weight excluding hydrogens is 342 g/mol. The Labute approximate surface area is 158 Å². The molecule has 0 aliphatic rings. The average Bonchev–Trinajstić information content (AvgIpc) is 3.10. The van der Waals surface area contributed by atoms with Gasteiger partial charge in [0.25, 0.3) is 0 Å². The van der Waals surface area contributed by atoms with E-state index in [1.807, 2.05) is 42.5 Å². The Bertz CT molecular complexity index is 928. The molecule has 3 aromatic rings. The number of hydrogen-bond donors (Lipinski definition) is 1. The van der Waals surface area contributed by atoms with Crippen LogP contribution in [0.1, 0.15) is 31.7 Å². The Balaban J connectivity index is 1.49. The fraction of sp³-hybridized carbons (Fsp3) is 0.286. The van der Waals surface area contributed by atoms with E-state index in [4.69, 9.17) is 4.74 Å². The molecule has 6 nitrogen and oxygen atoms in total. The van der Waals surface area contributed by atoms with Crippen LogP contribution in [0.25, 0.3) is 10.8 Å². The second kappa shape index (κ2) is 8.98. The number of hydrogen-bond acceptors (Lipinski definition) is 4. The molecule has 1 aromatic heterocycles. The molecule has 3 rings (SSSR count). The Hall–Kier alpha value is -3.15. The maximum Gasteiger partial charge on any atom is 0.412 e. The van der Waals surface area contributed by atoms with Gasteiger partial charge in [-0.25, -0.2) is 4.79 Å². The Morgan fingerprint density at radius 3 is 2.78 bits per heavy atom. The first-order valence-corrected chi connectivity index (χ1v) is 9.04. The van der Waals surface area contributed by atoms with Crippen molar-refractivity contribution in [3.63, 3.8) is 0 Å². The highest BCUT2D eigenvalue weighted by Gasteiger charge is 2.08. The summed E-state index contributed by atoms with van der Waals surface area (Å²) >= 11 is 0. The van der Waals surface area contributed by atoms with E-state index in [0.717, 1.165) is 29.2 Å². The number of unbranched alkanes of at least 4 members (excludes halogenated alkanes) is 1. The number of benzene rings is 2. The molecule has 27 heavy (non-hydrogen) atoms. The molecule has 1 amide bonds. The lowest BCUT2D eigenvalue weighted by atomic mass is 10.1. The smallest absolute Gasteiger partial charge is 0.412 e. The maximum atomic E-state index is 12.1. The molecule has 2 aromatic carbocycles. The number of fused-ring (bicyclic) bond motifs is 1. The van der Waals surface area contributed by atoms with Gasteiger partial charge in [-0.1, -0.05) is 42.5 Å². The minimum Gasteiger partial charge on any atom is -0.444 e. The second-order valence-corrected chi connectivity index (χ2v) is 6.49. The van der Waals surface area contributed by atoms with E-state index in [-0.39, 0.29) is 12.4 Å². The lowest BCUT2D eigenvalue weighted by molar-refractivity contribution is -0.117. The van der Waals surface area contributed by atoms with Gasteiger partial charge < -0.3 is 9.53 Å². The molecular formula is C21H23N3O3. The second-order valence-electron chi connectivity index (χ2n) is 6.49. The molecule has 0 fully saturated rings. The third kappa shape index (κ3) is 5.41. The minimum atomic E-state index is -0.515. The van der Waals surface area contributed by atoms with Crippen LogP contribution in [0, 0.1) is 0 Å². The summed E-state index contributed by atoms with van der Waals surface area (Å²) in [6.07, 6.45) is 5.13. The lowest BCUT2D eigenvalue weighted by Crippen LogP contribution is -2.13. The highest BCUT2D eigenvalue weighted by atomic mass is 16.5. The molecule has 0 aliphatic carbocycles. The summed E-state index contributed by atoms with van der Waals surface area (Å²) in [5, 5.41) is 9.09. The number of nitrogens with zero attached hydrogens (tertiary/aromatic N) is 2. The number of nitrogens with one attached hydrogen (secondary N) is 1. The summed E-state index contributed by atoms with van der Waals surface area (Å²) in [4.78, 5) is 23.0. The standard InChI is InChI=1S/C21H23N3O3/c1-16(25)7-4-5-12-24-14-19(13-22-24)23-21(26)27-15-18-10-6-9-17-8-2-3-11-20(17)18/h2-3,6,8-11,13-14H,4-5,7,12,15H2,1H3,(H,23,26). The van der Waals surface area contributed by atoms with Crippen LogP contribution >= 0.6 is 0 Å². The van der Waals surface area contributed by atoms with Gasteiger partial charge >= 0.3 is 6.09 Å². The van der Waals surface area contributed by atoms with Crippen molar-refractivity contribution in [2.24, 2.45) is 0 Å².